The summed E-state index contributed by atoms with van der Waals surface area (Å²) in [5, 5.41) is 10.1. The van der Waals surface area contributed by atoms with Crippen molar-refractivity contribution in [1.29, 1.82) is 0 Å². The van der Waals surface area contributed by atoms with Gasteiger partial charge in [0.25, 0.3) is 0 Å². The standard InChI is InChI=1S/C19H24O7/c1-12(2)24-18(22)16(21)17(19(23)25-13(3)4)26-15(20)11-10-14-8-6-5-7-9-14/h5-13,16-17,21H,1-4H3/b11-10+/t16-,17-/m1/s1. The van der Waals surface area contributed by atoms with Crippen molar-refractivity contribution in [2.45, 2.75) is 52.1 Å². The second-order valence-corrected chi connectivity index (χ2v) is 6.02. The third kappa shape index (κ3) is 7.48. The van der Waals surface area contributed by atoms with E-state index in [0.29, 0.717) is 0 Å². The smallest absolute Gasteiger partial charge is 0.351 e. The van der Waals surface area contributed by atoms with Gasteiger partial charge in [-0.3, -0.25) is 0 Å². The zero-order valence-corrected chi connectivity index (χ0v) is 15.2. The van der Waals surface area contributed by atoms with Gasteiger partial charge in [-0.15, -0.1) is 0 Å². The molecular formula is C19H24O7. The van der Waals surface area contributed by atoms with Crippen LogP contribution in [0.1, 0.15) is 33.3 Å². The van der Waals surface area contributed by atoms with Gasteiger partial charge in [-0.25, -0.2) is 14.4 Å². The normalized spacial score (nSPS) is 13.5. The van der Waals surface area contributed by atoms with Gasteiger partial charge in [0.2, 0.25) is 6.10 Å². The lowest BCUT2D eigenvalue weighted by Crippen LogP contribution is -2.45. The van der Waals surface area contributed by atoms with Crippen molar-refractivity contribution < 1.29 is 33.7 Å². The van der Waals surface area contributed by atoms with E-state index in [4.69, 9.17) is 14.2 Å². The molecule has 0 radical (unpaired) electrons. The Hall–Kier alpha value is -2.67. The van der Waals surface area contributed by atoms with Crippen molar-refractivity contribution in [2.24, 2.45) is 0 Å². The molecule has 2 atom stereocenters. The number of carbonyl (C=O) groups excluding carboxylic acids is 3. The molecule has 0 aliphatic rings. The lowest BCUT2D eigenvalue weighted by atomic mass is 10.2. The lowest BCUT2D eigenvalue weighted by Gasteiger charge is -2.22. The van der Waals surface area contributed by atoms with Crippen LogP contribution in [0.25, 0.3) is 6.08 Å². The van der Waals surface area contributed by atoms with Gasteiger partial charge < -0.3 is 19.3 Å². The molecule has 0 fully saturated rings. The SMILES string of the molecule is CC(C)OC(=O)[C@H](O)[C@@H](OC(=O)/C=C/c1ccccc1)C(=O)OC(C)C. The fourth-order valence-electron chi connectivity index (χ4n) is 1.86. The van der Waals surface area contributed by atoms with Crippen molar-refractivity contribution in [3.63, 3.8) is 0 Å². The molecule has 1 aromatic carbocycles. The third-order valence-corrected chi connectivity index (χ3v) is 2.92. The molecule has 0 unspecified atom stereocenters. The summed E-state index contributed by atoms with van der Waals surface area (Å²) in [7, 11) is 0. The number of aliphatic hydroxyl groups is 1. The topological polar surface area (TPSA) is 99.1 Å². The van der Waals surface area contributed by atoms with Crippen LogP contribution in [0.15, 0.2) is 36.4 Å². The van der Waals surface area contributed by atoms with E-state index in [-0.39, 0.29) is 0 Å². The van der Waals surface area contributed by atoms with Crippen LogP contribution < -0.4 is 0 Å². The fourth-order valence-corrected chi connectivity index (χ4v) is 1.86. The summed E-state index contributed by atoms with van der Waals surface area (Å²) in [5.74, 6) is -3.02. The van der Waals surface area contributed by atoms with Crippen LogP contribution in [0.5, 0.6) is 0 Å². The summed E-state index contributed by atoms with van der Waals surface area (Å²) in [6, 6.07) is 8.94. The average molecular weight is 364 g/mol. The van der Waals surface area contributed by atoms with Crippen molar-refractivity contribution >= 4 is 24.0 Å². The fraction of sp³-hybridized carbons (Fsp3) is 0.421. The largest absolute Gasteiger partial charge is 0.461 e. The molecule has 142 valence electrons. The first kappa shape index (κ1) is 21.4. The van der Waals surface area contributed by atoms with Gasteiger partial charge in [0.15, 0.2) is 6.10 Å². The maximum Gasteiger partial charge on any atom is 0.351 e. The molecule has 1 rings (SSSR count). The highest BCUT2D eigenvalue weighted by Crippen LogP contribution is 2.10. The van der Waals surface area contributed by atoms with Crippen LogP contribution in [0.4, 0.5) is 0 Å². The van der Waals surface area contributed by atoms with E-state index in [0.717, 1.165) is 11.6 Å². The van der Waals surface area contributed by atoms with Crippen LogP contribution in [-0.2, 0) is 28.6 Å². The van der Waals surface area contributed by atoms with E-state index < -0.39 is 42.3 Å². The predicted molar refractivity (Wildman–Crippen MR) is 93.8 cm³/mol. The maximum atomic E-state index is 12.1. The van der Waals surface area contributed by atoms with E-state index >= 15 is 0 Å². The molecule has 7 heteroatoms. The minimum Gasteiger partial charge on any atom is -0.461 e. The maximum absolute atomic E-state index is 12.1. The molecule has 7 nitrogen and oxygen atoms in total. The van der Waals surface area contributed by atoms with Crippen molar-refractivity contribution in [3.8, 4) is 0 Å². The second-order valence-electron chi connectivity index (χ2n) is 6.02. The quantitative estimate of drug-likeness (QED) is 0.427. The van der Waals surface area contributed by atoms with Gasteiger partial charge >= 0.3 is 17.9 Å². The highest BCUT2D eigenvalue weighted by Gasteiger charge is 2.38. The molecule has 1 aromatic rings. The molecule has 0 saturated heterocycles. The average Bonchev–Trinajstić information content (AvgIpc) is 2.56. The minimum atomic E-state index is -1.99. The van der Waals surface area contributed by atoms with Crippen molar-refractivity contribution in [3.05, 3.63) is 42.0 Å². The Morgan fingerprint density at radius 2 is 1.42 bits per heavy atom. The Morgan fingerprint density at radius 3 is 1.96 bits per heavy atom. The molecule has 1 N–H and O–H groups in total. The number of hydrogen-bond donors (Lipinski definition) is 1. The van der Waals surface area contributed by atoms with Crippen LogP contribution in [0.2, 0.25) is 0 Å². The number of ether oxygens (including phenoxy) is 3. The van der Waals surface area contributed by atoms with Crippen LogP contribution in [0.3, 0.4) is 0 Å². The summed E-state index contributed by atoms with van der Waals surface area (Å²) in [6.45, 7) is 6.34. The second kappa shape index (κ2) is 10.4. The predicted octanol–water partition coefficient (Wildman–Crippen LogP) is 1.88. The molecule has 0 spiro atoms. The highest BCUT2D eigenvalue weighted by molar-refractivity contribution is 5.92. The summed E-state index contributed by atoms with van der Waals surface area (Å²) >= 11 is 0. The highest BCUT2D eigenvalue weighted by atomic mass is 16.6. The van der Waals surface area contributed by atoms with E-state index in [1.54, 1.807) is 52.0 Å². The van der Waals surface area contributed by atoms with Crippen LogP contribution in [-0.4, -0.2) is 47.4 Å². The molecule has 26 heavy (non-hydrogen) atoms. The van der Waals surface area contributed by atoms with Crippen LogP contribution in [0, 0.1) is 0 Å². The summed E-state index contributed by atoms with van der Waals surface area (Å²) in [6.07, 6.45) is -2.27. The van der Waals surface area contributed by atoms with Crippen molar-refractivity contribution in [2.75, 3.05) is 0 Å². The minimum absolute atomic E-state index is 0.507. The number of carbonyl (C=O) groups is 3. The number of esters is 3. The Balaban J connectivity index is 2.86. The van der Waals surface area contributed by atoms with Gasteiger partial charge in [-0.1, -0.05) is 30.3 Å². The van der Waals surface area contributed by atoms with E-state index in [9.17, 15) is 19.5 Å². The lowest BCUT2D eigenvalue weighted by molar-refractivity contribution is -0.185. The van der Waals surface area contributed by atoms with E-state index in [2.05, 4.69) is 0 Å². The molecule has 0 heterocycles. The van der Waals surface area contributed by atoms with Gasteiger partial charge in [-0.2, -0.15) is 0 Å². The third-order valence-electron chi connectivity index (χ3n) is 2.92. The summed E-state index contributed by atoms with van der Waals surface area (Å²) in [5.41, 5.74) is 0.741. The first-order chi connectivity index (χ1) is 12.2. The number of benzene rings is 1. The molecule has 0 aliphatic carbocycles. The van der Waals surface area contributed by atoms with Gasteiger partial charge in [-0.05, 0) is 39.3 Å². The van der Waals surface area contributed by atoms with Crippen molar-refractivity contribution in [1.82, 2.24) is 0 Å². The number of hydrogen-bond acceptors (Lipinski definition) is 7. The molecule has 0 aliphatic heterocycles. The first-order valence-electron chi connectivity index (χ1n) is 8.23. The molecule has 0 amide bonds. The Labute approximate surface area is 152 Å². The van der Waals surface area contributed by atoms with Gasteiger partial charge in [0.05, 0.1) is 12.2 Å². The first-order valence-corrected chi connectivity index (χ1v) is 8.23. The summed E-state index contributed by atoms with van der Waals surface area (Å²) < 4.78 is 14.7. The van der Waals surface area contributed by atoms with E-state index in [1.165, 1.54) is 6.08 Å². The Morgan fingerprint density at radius 1 is 0.885 bits per heavy atom. The van der Waals surface area contributed by atoms with Gasteiger partial charge in [0, 0.05) is 6.08 Å². The number of aliphatic hydroxyl groups excluding tert-OH is 1. The summed E-state index contributed by atoms with van der Waals surface area (Å²) in [4.78, 5) is 35.9. The molecule has 0 saturated carbocycles. The zero-order valence-electron chi connectivity index (χ0n) is 15.2. The zero-order chi connectivity index (χ0) is 19.7. The molecule has 0 bridgehead atoms. The van der Waals surface area contributed by atoms with Gasteiger partial charge in [0.1, 0.15) is 0 Å². The molecular weight excluding hydrogens is 340 g/mol. The number of rotatable bonds is 8. The Bertz CT molecular complexity index is 635. The van der Waals surface area contributed by atoms with E-state index in [1.807, 2.05) is 6.07 Å². The molecule has 0 aromatic heterocycles. The van der Waals surface area contributed by atoms with Crippen LogP contribution >= 0.6 is 0 Å². The Kier molecular flexibility index (Phi) is 8.51. The monoisotopic (exact) mass is 364 g/mol.